The molecule has 1 aliphatic carbocycles. The predicted molar refractivity (Wildman–Crippen MR) is 276 cm³/mol. The number of aromatic nitrogens is 5. The first kappa shape index (κ1) is 49.5. The number of nitrogens with zero attached hydrogens (tertiary/aromatic N) is 5. The number of hydrogen-bond donors (Lipinski definition) is 4. The minimum atomic E-state index is -0.771. The van der Waals surface area contributed by atoms with E-state index in [9.17, 15) is 19.2 Å². The Hall–Kier alpha value is -6.73. The predicted octanol–water partition coefficient (Wildman–Crippen LogP) is 9.82. The first-order chi connectivity index (χ1) is 35.7. The van der Waals surface area contributed by atoms with Gasteiger partial charge in [0.2, 0.25) is 18.0 Å². The molecule has 3 saturated heterocycles. The molecule has 4 N–H and O–H groups in total. The Bertz CT molecular complexity index is 3090. The highest BCUT2D eigenvalue weighted by Gasteiger charge is 2.43. The Morgan fingerprint density at radius 1 is 0.811 bits per heavy atom. The molecule has 1 saturated carbocycles. The first-order valence-corrected chi connectivity index (χ1v) is 26.9. The minimum Gasteiger partial charge on any atom is -0.464 e. The summed E-state index contributed by atoms with van der Waals surface area (Å²) in [7, 11) is 2.58. The zero-order valence-electron chi connectivity index (χ0n) is 42.6. The molecule has 6 aromatic rings. The van der Waals surface area contributed by atoms with Gasteiger partial charge in [0.15, 0.2) is 0 Å². The number of halogens is 1. The van der Waals surface area contributed by atoms with Crippen molar-refractivity contribution in [3.63, 3.8) is 0 Å². The van der Waals surface area contributed by atoms with Gasteiger partial charge in [-0.1, -0.05) is 19.9 Å². The smallest absolute Gasteiger partial charge is 0.407 e. The van der Waals surface area contributed by atoms with Crippen LogP contribution in [-0.2, 0) is 30.2 Å². The zero-order valence-corrected chi connectivity index (χ0v) is 43.4. The van der Waals surface area contributed by atoms with E-state index in [0.717, 1.165) is 46.3 Å². The summed E-state index contributed by atoms with van der Waals surface area (Å²) in [5, 5.41) is 6.45. The van der Waals surface area contributed by atoms with Gasteiger partial charge in [0.05, 0.1) is 83.9 Å². The molecule has 0 spiro atoms. The van der Waals surface area contributed by atoms with Gasteiger partial charge in [-0.3, -0.25) is 14.2 Å². The molecule has 0 bridgehead atoms. The summed E-state index contributed by atoms with van der Waals surface area (Å²) in [6, 6.07) is 13.6. The molecule has 8 heterocycles. The number of rotatable bonds is 13. The van der Waals surface area contributed by atoms with E-state index in [1.165, 1.54) is 38.0 Å². The van der Waals surface area contributed by atoms with Gasteiger partial charge >= 0.3 is 12.2 Å². The van der Waals surface area contributed by atoms with E-state index in [2.05, 4.69) is 43.4 Å². The van der Waals surface area contributed by atoms with Crippen molar-refractivity contribution in [2.24, 2.45) is 17.8 Å². The Balaban J connectivity index is 0.895. The van der Waals surface area contributed by atoms with Gasteiger partial charge in [0, 0.05) is 34.5 Å². The van der Waals surface area contributed by atoms with Gasteiger partial charge in [-0.15, -0.1) is 11.3 Å². The van der Waals surface area contributed by atoms with E-state index < -0.39 is 36.3 Å². The molecule has 4 aromatic heterocycles. The number of carbonyl (C=O) groups excluding carboxylic acids is 4. The zero-order chi connectivity index (χ0) is 51.5. The van der Waals surface area contributed by atoms with Gasteiger partial charge in [-0.25, -0.2) is 23.9 Å². The van der Waals surface area contributed by atoms with Crippen molar-refractivity contribution in [3.8, 4) is 39.5 Å². The average Bonchev–Trinajstić information content (AvgIpc) is 4.12. The standard InChI is InChI=1S/C55H64FN9O8S/c1-28(2)47(61-54(68)70-5)51(66)63-17-7-9-41(63)50-58-27-39(60-50)33-23-37(56)46-43-24-34-22-32(13-15-40(34)65(43)53(73-44(46)25-33)45-16-14-36(74-45)21-31-11-12-31)38-26-57-49(59-38)42-10-8-18-64(42)52(67)48(62-55(69)71-6)35-19-29(3)72-30(4)20-35/h13-16,22-31,35,41-42,47-48,53H,7-12,17-21H2,1-6H3,(H,57,59)(H,58,60)(H,61,68)(H,62,69)/t29-,30+,35?,41-,42+,47-,48?,53?/m0/s1. The number of thiophene rings is 1. The summed E-state index contributed by atoms with van der Waals surface area (Å²) in [5.74, 6) is 1.24. The number of methoxy groups -OCH3 is 2. The number of H-pyrrole nitrogens is 2. The molecule has 2 aromatic carbocycles. The SMILES string of the molecule is COC(=O)NC(C(=O)N1CCC[C@@H]1c1ncc(-c2ccc3c(c2)cc2n3C(c3ccc(CC4CC4)s3)Oc3cc(-c4cnc([C@@H]5CCCN5C(=O)[C@@H](NC(=O)OC)C(C)C)[nH]4)cc(F)c3-2)[nH]1)C1C[C@@H](C)O[C@@H](C)C1. The molecular weight excluding hydrogens is 966 g/mol. The summed E-state index contributed by atoms with van der Waals surface area (Å²) in [4.78, 5) is 75.5. The summed E-state index contributed by atoms with van der Waals surface area (Å²) in [6.07, 6.45) is 9.21. The largest absolute Gasteiger partial charge is 0.464 e. The molecule has 5 aliphatic rings. The normalized spacial score (nSPS) is 23.3. The van der Waals surface area contributed by atoms with Crippen LogP contribution in [0, 0.1) is 23.6 Å². The summed E-state index contributed by atoms with van der Waals surface area (Å²) in [5.41, 5.74) is 4.69. The number of fused-ring (bicyclic) bond motifs is 5. The molecule has 0 radical (unpaired) electrons. The molecule has 8 atom stereocenters. The summed E-state index contributed by atoms with van der Waals surface area (Å²) in [6.45, 7) is 8.79. The van der Waals surface area contributed by atoms with Crippen LogP contribution in [0.4, 0.5) is 14.0 Å². The number of ether oxygens (including phenoxy) is 4. The lowest BCUT2D eigenvalue weighted by Gasteiger charge is -2.38. The number of amides is 4. The topological polar surface area (TPSA) is 198 Å². The molecule has 19 heteroatoms. The molecule has 3 unspecified atom stereocenters. The third-order valence-electron chi connectivity index (χ3n) is 15.6. The van der Waals surface area contributed by atoms with E-state index >= 15 is 4.39 Å². The highest BCUT2D eigenvalue weighted by Crippen LogP contribution is 2.49. The Morgan fingerprint density at radius 3 is 2.11 bits per heavy atom. The van der Waals surface area contributed by atoms with Crippen LogP contribution in [0.3, 0.4) is 0 Å². The Morgan fingerprint density at radius 2 is 1.46 bits per heavy atom. The number of aromatic amines is 2. The van der Waals surface area contributed by atoms with Crippen molar-refractivity contribution in [2.45, 2.75) is 128 Å². The van der Waals surface area contributed by atoms with Crippen LogP contribution in [0.5, 0.6) is 5.75 Å². The van der Waals surface area contributed by atoms with Crippen molar-refractivity contribution < 1.29 is 42.5 Å². The maximum absolute atomic E-state index is 17.0. The fourth-order valence-corrected chi connectivity index (χ4v) is 13.0. The van der Waals surface area contributed by atoms with Crippen LogP contribution >= 0.6 is 11.3 Å². The van der Waals surface area contributed by atoms with Crippen molar-refractivity contribution in [2.75, 3.05) is 27.3 Å². The van der Waals surface area contributed by atoms with Crippen LogP contribution in [-0.4, -0.2) is 110 Å². The van der Waals surface area contributed by atoms with Gasteiger partial charge in [0.25, 0.3) is 0 Å². The van der Waals surface area contributed by atoms with Gasteiger partial charge in [-0.2, -0.15) is 0 Å². The van der Waals surface area contributed by atoms with Crippen LogP contribution in [0.1, 0.15) is 119 Å². The van der Waals surface area contributed by atoms with Crippen LogP contribution in [0.25, 0.3) is 44.7 Å². The second-order valence-corrected chi connectivity index (χ2v) is 22.3. The first-order valence-electron chi connectivity index (χ1n) is 26.0. The Labute approximate surface area is 432 Å². The third kappa shape index (κ3) is 9.52. The molecule has 74 heavy (non-hydrogen) atoms. The molecule has 17 nitrogen and oxygen atoms in total. The summed E-state index contributed by atoms with van der Waals surface area (Å²) < 4.78 is 41.8. The maximum atomic E-state index is 17.0. The van der Waals surface area contributed by atoms with E-state index in [-0.39, 0.29) is 47.9 Å². The highest BCUT2D eigenvalue weighted by molar-refractivity contribution is 7.12. The van der Waals surface area contributed by atoms with Crippen LogP contribution < -0.4 is 15.4 Å². The highest BCUT2D eigenvalue weighted by atomic mass is 32.1. The quantitative estimate of drug-likeness (QED) is 0.0864. The van der Waals surface area contributed by atoms with Crippen LogP contribution in [0.2, 0.25) is 0 Å². The monoisotopic (exact) mass is 1030 g/mol. The fourth-order valence-electron chi connectivity index (χ4n) is 11.8. The second-order valence-electron chi connectivity index (χ2n) is 21.1. The third-order valence-corrected chi connectivity index (χ3v) is 16.7. The molecule has 390 valence electrons. The number of imidazole rings is 2. The van der Waals surface area contributed by atoms with Crippen LogP contribution in [0.15, 0.2) is 60.9 Å². The average molecular weight is 1030 g/mol. The van der Waals surface area contributed by atoms with Crippen molar-refractivity contribution in [1.82, 2.24) is 44.9 Å². The fraction of sp³-hybridized carbons (Fsp3) is 0.491. The number of alkyl carbamates (subject to hydrolysis) is 2. The van der Waals surface area contributed by atoms with E-state index in [0.29, 0.717) is 84.6 Å². The lowest BCUT2D eigenvalue weighted by molar-refractivity contribution is -0.138. The number of nitrogens with one attached hydrogen (secondary N) is 4. The van der Waals surface area contributed by atoms with Gasteiger partial charge in [0.1, 0.15) is 35.3 Å². The molecular formula is C55H64FN9O8S. The van der Waals surface area contributed by atoms with Gasteiger partial charge < -0.3 is 49.3 Å². The lowest BCUT2D eigenvalue weighted by atomic mass is 9.85. The second kappa shape index (κ2) is 20.2. The van der Waals surface area contributed by atoms with Crippen molar-refractivity contribution in [3.05, 3.63) is 88.1 Å². The number of carbonyl (C=O) groups is 4. The number of likely N-dealkylation sites (tertiary alicyclic amines) is 2. The van der Waals surface area contributed by atoms with E-state index in [4.69, 9.17) is 28.9 Å². The number of hydrogen-bond acceptors (Lipinski definition) is 11. The lowest BCUT2D eigenvalue weighted by Crippen LogP contribution is -2.54. The van der Waals surface area contributed by atoms with E-state index in [1.807, 2.05) is 56.9 Å². The van der Waals surface area contributed by atoms with Crippen molar-refractivity contribution in [1.29, 1.82) is 0 Å². The molecule has 4 aliphatic heterocycles. The van der Waals surface area contributed by atoms with Gasteiger partial charge in [-0.05, 0) is 132 Å². The maximum Gasteiger partial charge on any atom is 0.407 e. The minimum absolute atomic E-state index is 0.0496. The van der Waals surface area contributed by atoms with Crippen molar-refractivity contribution >= 4 is 46.2 Å². The Kier molecular flexibility index (Phi) is 13.5. The van der Waals surface area contributed by atoms with E-state index in [1.54, 1.807) is 28.6 Å². The summed E-state index contributed by atoms with van der Waals surface area (Å²) >= 11 is 1.73. The molecule has 4 fully saturated rings. The molecule has 4 amide bonds. The number of benzene rings is 2. The molecule has 11 rings (SSSR count).